The van der Waals surface area contributed by atoms with Crippen LogP contribution in [0.4, 0.5) is 0 Å². The van der Waals surface area contributed by atoms with Crippen molar-refractivity contribution in [2.75, 3.05) is 6.61 Å². The quantitative estimate of drug-likeness (QED) is 0.723. The summed E-state index contributed by atoms with van der Waals surface area (Å²) in [7, 11) is 0. The molecule has 0 fully saturated rings. The first-order chi connectivity index (χ1) is 8.16. The summed E-state index contributed by atoms with van der Waals surface area (Å²) in [5.41, 5.74) is 1.43. The van der Waals surface area contributed by atoms with E-state index in [-0.39, 0.29) is 5.41 Å². The van der Waals surface area contributed by atoms with Crippen LogP contribution in [0.25, 0.3) is 0 Å². The van der Waals surface area contributed by atoms with E-state index in [1.165, 1.54) is 31.2 Å². The second kappa shape index (κ2) is 6.58. The summed E-state index contributed by atoms with van der Waals surface area (Å²) >= 11 is 0. The van der Waals surface area contributed by atoms with Gasteiger partial charge in [-0.25, -0.2) is 9.97 Å². The van der Waals surface area contributed by atoms with Crippen LogP contribution in [0.3, 0.4) is 0 Å². The summed E-state index contributed by atoms with van der Waals surface area (Å²) in [4.78, 5) is 8.53. The smallest absolute Gasteiger partial charge is 0.316 e. The second-order valence-corrected chi connectivity index (χ2v) is 4.75. The summed E-state index contributed by atoms with van der Waals surface area (Å²) < 4.78 is 5.27. The van der Waals surface area contributed by atoms with Crippen LogP contribution in [0.15, 0.2) is 12.4 Å². The van der Waals surface area contributed by atoms with E-state index in [0.29, 0.717) is 12.6 Å². The van der Waals surface area contributed by atoms with Crippen LogP contribution < -0.4 is 4.74 Å². The highest BCUT2D eigenvalue weighted by Crippen LogP contribution is 2.33. The predicted molar refractivity (Wildman–Crippen MR) is 70.4 cm³/mol. The molecule has 0 amide bonds. The van der Waals surface area contributed by atoms with E-state index in [9.17, 15) is 0 Å². The van der Waals surface area contributed by atoms with E-state index >= 15 is 0 Å². The van der Waals surface area contributed by atoms with Crippen LogP contribution in [-0.4, -0.2) is 16.6 Å². The molecule has 96 valence electrons. The summed E-state index contributed by atoms with van der Waals surface area (Å²) in [5, 5.41) is 0. The van der Waals surface area contributed by atoms with Crippen molar-refractivity contribution in [2.45, 2.75) is 58.8 Å². The molecule has 0 aliphatic rings. The topological polar surface area (TPSA) is 35.0 Å². The van der Waals surface area contributed by atoms with Crippen LogP contribution in [0.2, 0.25) is 0 Å². The van der Waals surface area contributed by atoms with Crippen molar-refractivity contribution in [3.63, 3.8) is 0 Å². The van der Waals surface area contributed by atoms with Gasteiger partial charge in [0.25, 0.3) is 0 Å². The van der Waals surface area contributed by atoms with Gasteiger partial charge in [0.15, 0.2) is 0 Å². The zero-order valence-electron chi connectivity index (χ0n) is 11.5. The SMILES string of the molecule is CCCC(C)(CCC)c1cnc(OCC)nc1. The van der Waals surface area contributed by atoms with Crippen molar-refractivity contribution in [1.82, 2.24) is 9.97 Å². The van der Waals surface area contributed by atoms with Gasteiger partial charge in [-0.05, 0) is 30.7 Å². The molecular formula is C14H24N2O. The van der Waals surface area contributed by atoms with Crippen LogP contribution in [-0.2, 0) is 5.41 Å². The van der Waals surface area contributed by atoms with Crippen molar-refractivity contribution in [2.24, 2.45) is 0 Å². The molecular weight excluding hydrogens is 212 g/mol. The number of hydrogen-bond acceptors (Lipinski definition) is 3. The normalized spacial score (nSPS) is 11.5. The van der Waals surface area contributed by atoms with Crippen LogP contribution >= 0.6 is 0 Å². The molecule has 1 rings (SSSR count). The molecule has 1 heterocycles. The minimum absolute atomic E-state index is 0.203. The second-order valence-electron chi connectivity index (χ2n) is 4.75. The molecule has 0 aliphatic carbocycles. The Bertz CT molecular complexity index is 315. The Labute approximate surface area is 105 Å². The summed E-state index contributed by atoms with van der Waals surface area (Å²) in [5.74, 6) is 0. The molecule has 3 nitrogen and oxygen atoms in total. The molecule has 3 heteroatoms. The maximum Gasteiger partial charge on any atom is 0.316 e. The van der Waals surface area contributed by atoms with Crippen molar-refractivity contribution < 1.29 is 4.74 Å². The standard InChI is InChI=1S/C14H24N2O/c1-5-8-14(4,9-6-2)12-10-15-13(16-11-12)17-7-3/h10-11H,5-9H2,1-4H3. The average molecular weight is 236 g/mol. The maximum atomic E-state index is 5.27. The van der Waals surface area contributed by atoms with E-state index in [2.05, 4.69) is 30.7 Å². The molecule has 0 saturated carbocycles. The Balaban J connectivity index is 2.87. The number of aromatic nitrogens is 2. The van der Waals surface area contributed by atoms with Gasteiger partial charge in [-0.15, -0.1) is 0 Å². The van der Waals surface area contributed by atoms with Crippen molar-refractivity contribution in [1.29, 1.82) is 0 Å². The minimum Gasteiger partial charge on any atom is -0.464 e. The highest BCUT2D eigenvalue weighted by atomic mass is 16.5. The average Bonchev–Trinajstić information content (AvgIpc) is 2.31. The Morgan fingerprint density at radius 2 is 1.59 bits per heavy atom. The molecule has 0 aromatic carbocycles. The zero-order chi connectivity index (χ0) is 12.7. The highest BCUT2D eigenvalue weighted by Gasteiger charge is 2.25. The van der Waals surface area contributed by atoms with E-state index < -0.39 is 0 Å². The lowest BCUT2D eigenvalue weighted by Crippen LogP contribution is -2.22. The fourth-order valence-corrected chi connectivity index (χ4v) is 2.35. The number of rotatable bonds is 7. The molecule has 0 bridgehead atoms. The van der Waals surface area contributed by atoms with Crippen molar-refractivity contribution >= 4 is 0 Å². The van der Waals surface area contributed by atoms with Crippen LogP contribution in [0.1, 0.15) is 58.9 Å². The zero-order valence-corrected chi connectivity index (χ0v) is 11.5. The van der Waals surface area contributed by atoms with E-state index in [4.69, 9.17) is 4.74 Å². The van der Waals surface area contributed by atoms with Gasteiger partial charge in [-0.1, -0.05) is 33.6 Å². The van der Waals surface area contributed by atoms with Gasteiger partial charge in [0.1, 0.15) is 0 Å². The summed E-state index contributed by atoms with van der Waals surface area (Å²) in [6, 6.07) is 0.478. The van der Waals surface area contributed by atoms with Gasteiger partial charge in [0, 0.05) is 12.4 Å². The lowest BCUT2D eigenvalue weighted by Gasteiger charge is -2.28. The van der Waals surface area contributed by atoms with Gasteiger partial charge in [-0.2, -0.15) is 0 Å². The molecule has 0 aliphatic heterocycles. The molecule has 1 aromatic rings. The summed E-state index contributed by atoms with van der Waals surface area (Å²) in [6.45, 7) is 9.31. The predicted octanol–water partition coefficient (Wildman–Crippen LogP) is 3.73. The molecule has 0 atom stereocenters. The Morgan fingerprint density at radius 3 is 2.00 bits per heavy atom. The Morgan fingerprint density at radius 1 is 1.06 bits per heavy atom. The first kappa shape index (κ1) is 13.9. The maximum absolute atomic E-state index is 5.27. The largest absolute Gasteiger partial charge is 0.464 e. The molecule has 0 radical (unpaired) electrons. The van der Waals surface area contributed by atoms with Gasteiger partial charge in [0.05, 0.1) is 6.61 Å². The van der Waals surface area contributed by atoms with Gasteiger partial charge < -0.3 is 4.74 Å². The fraction of sp³-hybridized carbons (Fsp3) is 0.714. The molecule has 0 spiro atoms. The third kappa shape index (κ3) is 3.69. The fourth-order valence-electron chi connectivity index (χ4n) is 2.35. The molecule has 17 heavy (non-hydrogen) atoms. The molecule has 0 N–H and O–H groups in total. The van der Waals surface area contributed by atoms with Crippen molar-refractivity contribution in [3.8, 4) is 6.01 Å². The third-order valence-corrected chi connectivity index (χ3v) is 3.20. The van der Waals surface area contributed by atoms with Gasteiger partial charge >= 0.3 is 6.01 Å². The van der Waals surface area contributed by atoms with Crippen LogP contribution in [0, 0.1) is 0 Å². The lowest BCUT2D eigenvalue weighted by atomic mass is 9.76. The Kier molecular flexibility index (Phi) is 5.39. The van der Waals surface area contributed by atoms with Crippen molar-refractivity contribution in [3.05, 3.63) is 18.0 Å². The molecule has 0 saturated heterocycles. The first-order valence-electron chi connectivity index (χ1n) is 6.61. The molecule has 1 aromatic heterocycles. The first-order valence-corrected chi connectivity index (χ1v) is 6.61. The number of nitrogens with zero attached hydrogens (tertiary/aromatic N) is 2. The Hall–Kier alpha value is -1.12. The highest BCUT2D eigenvalue weighted by molar-refractivity contribution is 5.19. The monoisotopic (exact) mass is 236 g/mol. The van der Waals surface area contributed by atoms with Gasteiger partial charge in [0.2, 0.25) is 0 Å². The molecule has 0 unspecified atom stereocenters. The van der Waals surface area contributed by atoms with E-state index in [0.717, 1.165) is 0 Å². The van der Waals surface area contributed by atoms with E-state index in [1.807, 2.05) is 19.3 Å². The summed E-state index contributed by atoms with van der Waals surface area (Å²) in [6.07, 6.45) is 8.57. The van der Waals surface area contributed by atoms with E-state index in [1.54, 1.807) is 0 Å². The van der Waals surface area contributed by atoms with Crippen LogP contribution in [0.5, 0.6) is 6.01 Å². The van der Waals surface area contributed by atoms with Gasteiger partial charge in [-0.3, -0.25) is 0 Å². The number of hydrogen-bond donors (Lipinski definition) is 0. The lowest BCUT2D eigenvalue weighted by molar-refractivity contribution is 0.310. The number of ether oxygens (including phenoxy) is 1. The minimum atomic E-state index is 0.203. The third-order valence-electron chi connectivity index (χ3n) is 3.20.